The third kappa shape index (κ3) is 4.84. The van der Waals surface area contributed by atoms with Gasteiger partial charge in [-0.25, -0.2) is 4.79 Å². The Balaban J connectivity index is 2.58. The number of benzene rings is 1. The predicted molar refractivity (Wildman–Crippen MR) is 92.4 cm³/mol. The van der Waals surface area contributed by atoms with Gasteiger partial charge in [0.05, 0.1) is 34.4 Å². The van der Waals surface area contributed by atoms with Crippen molar-refractivity contribution < 1.29 is 32.4 Å². The molecule has 0 radical (unpaired) electrons. The molecule has 1 aromatic carbocycles. The molecule has 0 bridgehead atoms. The highest BCUT2D eigenvalue weighted by atomic mass is 19.4. The lowest BCUT2D eigenvalue weighted by atomic mass is 9.86. The second-order valence-corrected chi connectivity index (χ2v) is 6.01. The summed E-state index contributed by atoms with van der Waals surface area (Å²) in [6.07, 6.45) is -6.19. The van der Waals surface area contributed by atoms with E-state index in [1.54, 1.807) is 6.07 Å². The van der Waals surface area contributed by atoms with E-state index in [0.29, 0.717) is 0 Å². The van der Waals surface area contributed by atoms with Crippen LogP contribution in [0.5, 0.6) is 0 Å². The van der Waals surface area contributed by atoms with Gasteiger partial charge in [0.25, 0.3) is 5.70 Å². The lowest BCUT2D eigenvalue weighted by Gasteiger charge is -2.28. The van der Waals surface area contributed by atoms with Crippen LogP contribution in [0, 0.1) is 21.4 Å². The Kier molecular flexibility index (Phi) is 6.48. The minimum atomic E-state index is -4.79. The number of hydrogen-bond acceptors (Lipinski definition) is 7. The molecule has 1 atom stereocenters. The number of halogens is 3. The van der Waals surface area contributed by atoms with Crippen LogP contribution >= 0.6 is 0 Å². The van der Waals surface area contributed by atoms with Crippen LogP contribution in [0.25, 0.3) is 0 Å². The number of carbonyl (C=O) groups excluding carboxylic acids is 1. The van der Waals surface area contributed by atoms with E-state index in [4.69, 9.17) is 10.00 Å². The number of nitrogens with one attached hydrogen (secondary N) is 1. The Morgan fingerprint density at radius 2 is 1.97 bits per heavy atom. The van der Waals surface area contributed by atoms with E-state index in [1.165, 1.54) is 19.9 Å². The van der Waals surface area contributed by atoms with E-state index in [-0.39, 0.29) is 30.2 Å². The maximum absolute atomic E-state index is 13.5. The van der Waals surface area contributed by atoms with Gasteiger partial charge in [0, 0.05) is 0 Å². The highest BCUT2D eigenvalue weighted by molar-refractivity contribution is 5.63. The number of ether oxygens (including phenoxy) is 2. The van der Waals surface area contributed by atoms with E-state index in [1.807, 2.05) is 0 Å². The molecule has 0 saturated carbocycles. The van der Waals surface area contributed by atoms with Crippen molar-refractivity contribution in [2.75, 3.05) is 6.61 Å². The minimum Gasteiger partial charge on any atom is -0.433 e. The molecule has 0 fully saturated rings. The summed E-state index contributed by atoms with van der Waals surface area (Å²) in [6.45, 7) is 2.45. The summed E-state index contributed by atoms with van der Waals surface area (Å²) < 4.78 is 50.4. The fourth-order valence-corrected chi connectivity index (χ4v) is 2.94. The molecule has 0 spiro atoms. The molecule has 11 heteroatoms. The second-order valence-electron chi connectivity index (χ2n) is 6.01. The molecule has 0 aliphatic carbocycles. The first-order valence-electron chi connectivity index (χ1n) is 8.28. The van der Waals surface area contributed by atoms with Crippen LogP contribution < -0.4 is 5.32 Å². The lowest BCUT2D eigenvalue weighted by Crippen LogP contribution is -2.31. The summed E-state index contributed by atoms with van der Waals surface area (Å²) >= 11 is 0. The standard InChI is InChI=1S/C18H16F3N3O5/c1-10-15(24(26)27)14(12-6-3-4-7-13(12)18(19,20)21)16(11(2)23-10)29-17(25)28-9-5-8-22/h3-4,6-7,14,23H,5,9H2,1-2H3. The van der Waals surface area contributed by atoms with Crippen molar-refractivity contribution in [1.29, 1.82) is 5.26 Å². The predicted octanol–water partition coefficient (Wildman–Crippen LogP) is 4.20. The molecule has 29 heavy (non-hydrogen) atoms. The van der Waals surface area contributed by atoms with Gasteiger partial charge in [-0.3, -0.25) is 10.1 Å². The minimum absolute atomic E-state index is 0.0136. The van der Waals surface area contributed by atoms with Crippen LogP contribution in [0.1, 0.15) is 37.3 Å². The molecule has 1 heterocycles. The van der Waals surface area contributed by atoms with Crippen molar-refractivity contribution in [2.45, 2.75) is 32.4 Å². The average Bonchev–Trinajstić information content (AvgIpc) is 2.62. The molecule has 0 aromatic heterocycles. The number of carbonyl (C=O) groups is 1. The highest BCUT2D eigenvalue weighted by Crippen LogP contribution is 2.44. The van der Waals surface area contributed by atoms with Crippen LogP contribution in [-0.4, -0.2) is 17.7 Å². The number of nitriles is 1. The summed E-state index contributed by atoms with van der Waals surface area (Å²) in [5.41, 5.74) is -1.99. The zero-order chi connectivity index (χ0) is 21.8. The van der Waals surface area contributed by atoms with Gasteiger partial charge in [-0.05, 0) is 25.5 Å². The van der Waals surface area contributed by atoms with E-state index in [2.05, 4.69) is 10.1 Å². The smallest absolute Gasteiger partial charge is 0.433 e. The Morgan fingerprint density at radius 1 is 1.31 bits per heavy atom. The van der Waals surface area contributed by atoms with Gasteiger partial charge in [-0.1, -0.05) is 18.2 Å². The van der Waals surface area contributed by atoms with Crippen LogP contribution in [0.15, 0.2) is 47.1 Å². The van der Waals surface area contributed by atoms with Crippen molar-refractivity contribution in [1.82, 2.24) is 5.32 Å². The monoisotopic (exact) mass is 411 g/mol. The average molecular weight is 411 g/mol. The molecule has 2 rings (SSSR count). The quantitative estimate of drug-likeness (QED) is 0.334. The third-order valence-electron chi connectivity index (χ3n) is 4.07. The summed E-state index contributed by atoms with van der Waals surface area (Å²) in [5.74, 6) is -1.99. The Hall–Kier alpha value is -3.55. The summed E-state index contributed by atoms with van der Waals surface area (Å²) in [4.78, 5) is 22.8. The molecule has 1 N–H and O–H groups in total. The van der Waals surface area contributed by atoms with E-state index >= 15 is 0 Å². The second kappa shape index (κ2) is 8.64. The summed E-state index contributed by atoms with van der Waals surface area (Å²) in [5, 5.41) is 22.8. The molecule has 154 valence electrons. The van der Waals surface area contributed by atoms with Crippen LogP contribution in [-0.2, 0) is 15.7 Å². The van der Waals surface area contributed by atoms with Gasteiger partial charge in [0.1, 0.15) is 18.3 Å². The Morgan fingerprint density at radius 3 is 2.55 bits per heavy atom. The number of nitro groups is 1. The highest BCUT2D eigenvalue weighted by Gasteiger charge is 2.44. The van der Waals surface area contributed by atoms with Gasteiger partial charge in [-0.2, -0.15) is 18.4 Å². The van der Waals surface area contributed by atoms with Crippen LogP contribution in [0.4, 0.5) is 18.0 Å². The summed E-state index contributed by atoms with van der Waals surface area (Å²) in [7, 11) is 0. The van der Waals surface area contributed by atoms with Gasteiger partial charge < -0.3 is 14.8 Å². The van der Waals surface area contributed by atoms with Crippen LogP contribution in [0.3, 0.4) is 0 Å². The lowest BCUT2D eigenvalue weighted by molar-refractivity contribution is -0.431. The Bertz CT molecular complexity index is 931. The number of nitrogens with zero attached hydrogens (tertiary/aromatic N) is 2. The molecular formula is C18H16F3N3O5. The topological polar surface area (TPSA) is 114 Å². The number of allylic oxidation sites excluding steroid dienone is 2. The number of dihydropyridines is 1. The maximum atomic E-state index is 13.5. The molecule has 1 aromatic rings. The first-order valence-corrected chi connectivity index (χ1v) is 8.28. The van der Waals surface area contributed by atoms with E-state index in [9.17, 15) is 28.1 Å². The maximum Gasteiger partial charge on any atom is 0.513 e. The summed E-state index contributed by atoms with van der Waals surface area (Å²) in [6, 6.07) is 6.09. The zero-order valence-corrected chi connectivity index (χ0v) is 15.4. The van der Waals surface area contributed by atoms with Crippen molar-refractivity contribution in [3.63, 3.8) is 0 Å². The van der Waals surface area contributed by atoms with Crippen molar-refractivity contribution in [3.05, 3.63) is 68.4 Å². The molecule has 0 amide bonds. The number of hydrogen-bond donors (Lipinski definition) is 1. The largest absolute Gasteiger partial charge is 0.513 e. The number of rotatable bonds is 5. The van der Waals surface area contributed by atoms with E-state index in [0.717, 1.165) is 18.2 Å². The van der Waals surface area contributed by atoms with Crippen molar-refractivity contribution >= 4 is 6.16 Å². The van der Waals surface area contributed by atoms with Crippen LogP contribution in [0.2, 0.25) is 0 Å². The molecule has 0 saturated heterocycles. The molecule has 1 unspecified atom stereocenters. The van der Waals surface area contributed by atoms with Gasteiger partial charge in [-0.15, -0.1) is 0 Å². The fourth-order valence-electron chi connectivity index (χ4n) is 2.94. The van der Waals surface area contributed by atoms with Crippen molar-refractivity contribution in [2.24, 2.45) is 0 Å². The van der Waals surface area contributed by atoms with Gasteiger partial charge in [0.2, 0.25) is 0 Å². The zero-order valence-electron chi connectivity index (χ0n) is 15.4. The third-order valence-corrected chi connectivity index (χ3v) is 4.07. The first kappa shape index (κ1) is 21.7. The molecular weight excluding hydrogens is 395 g/mol. The molecule has 1 aliphatic heterocycles. The molecule has 1 aliphatic rings. The fraction of sp³-hybridized carbons (Fsp3) is 0.333. The number of alkyl halides is 3. The molecule has 8 nitrogen and oxygen atoms in total. The van der Waals surface area contributed by atoms with E-state index < -0.39 is 40.0 Å². The Labute approximate surface area is 163 Å². The SMILES string of the molecule is CC1=C(OC(=O)OCCC#N)C(c2ccccc2C(F)(F)F)C([N+](=O)[O-])=C(C)N1. The van der Waals surface area contributed by atoms with Gasteiger partial charge >= 0.3 is 12.3 Å². The first-order chi connectivity index (χ1) is 13.6. The van der Waals surface area contributed by atoms with Crippen molar-refractivity contribution in [3.8, 4) is 6.07 Å². The van der Waals surface area contributed by atoms with Gasteiger partial charge in [0.15, 0.2) is 0 Å². The normalized spacial score (nSPS) is 16.8.